The highest BCUT2D eigenvalue weighted by Crippen LogP contribution is 2.27. The molecule has 0 radical (unpaired) electrons. The van der Waals surface area contributed by atoms with Crippen LogP contribution in [0.2, 0.25) is 0 Å². The first-order valence-corrected chi connectivity index (χ1v) is 7.17. The fourth-order valence-corrected chi connectivity index (χ4v) is 3.16. The van der Waals surface area contributed by atoms with Crippen molar-refractivity contribution < 1.29 is 4.79 Å². The van der Waals surface area contributed by atoms with Crippen LogP contribution in [0.5, 0.6) is 0 Å². The number of fused-ring (bicyclic) bond motifs is 1. The molecule has 1 aliphatic rings. The quantitative estimate of drug-likeness (QED) is 0.889. The maximum absolute atomic E-state index is 11.9. The molecule has 0 atom stereocenters. The summed E-state index contributed by atoms with van der Waals surface area (Å²) in [5.74, 6) is 0. The average molecular weight is 289 g/mol. The van der Waals surface area contributed by atoms with Crippen LogP contribution in [0.1, 0.15) is 10.6 Å². The number of thiazole rings is 1. The van der Waals surface area contributed by atoms with Crippen molar-refractivity contribution in [3.05, 3.63) is 35.1 Å². The topological polar surface area (TPSA) is 70.2 Å². The van der Waals surface area contributed by atoms with E-state index in [-0.39, 0.29) is 6.03 Å². The third-order valence-electron chi connectivity index (χ3n) is 3.06. The van der Waals surface area contributed by atoms with Gasteiger partial charge >= 0.3 is 6.03 Å². The molecule has 0 saturated carbocycles. The van der Waals surface area contributed by atoms with Crippen LogP contribution >= 0.6 is 11.3 Å². The number of nitrogens with zero attached hydrogens (tertiary/aromatic N) is 3. The van der Waals surface area contributed by atoms with Gasteiger partial charge in [0.15, 0.2) is 5.13 Å². The second kappa shape index (κ2) is 5.56. The lowest BCUT2D eigenvalue weighted by Crippen LogP contribution is -2.25. The minimum atomic E-state index is -0.294. The summed E-state index contributed by atoms with van der Waals surface area (Å²) in [5, 5.41) is 6.14. The molecule has 0 aliphatic carbocycles. The van der Waals surface area contributed by atoms with Gasteiger partial charge in [-0.15, -0.1) is 11.3 Å². The van der Waals surface area contributed by atoms with Crippen LogP contribution in [0.3, 0.4) is 0 Å². The third-order valence-corrected chi connectivity index (χ3v) is 4.06. The fourth-order valence-electron chi connectivity index (χ4n) is 2.07. The van der Waals surface area contributed by atoms with Gasteiger partial charge in [-0.1, -0.05) is 0 Å². The number of urea groups is 1. The fraction of sp³-hybridized carbons (Fsp3) is 0.308. The van der Waals surface area contributed by atoms with E-state index in [1.54, 1.807) is 24.5 Å². The van der Waals surface area contributed by atoms with Gasteiger partial charge in [0.2, 0.25) is 0 Å². The van der Waals surface area contributed by atoms with E-state index in [4.69, 9.17) is 0 Å². The largest absolute Gasteiger partial charge is 0.325 e. The lowest BCUT2D eigenvalue weighted by Gasteiger charge is -2.20. The first-order chi connectivity index (χ1) is 9.70. The van der Waals surface area contributed by atoms with Crippen LogP contribution in [0.25, 0.3) is 0 Å². The third kappa shape index (κ3) is 2.94. The molecule has 0 saturated heterocycles. The summed E-state index contributed by atoms with van der Waals surface area (Å²) in [6, 6.07) is 3.26. The summed E-state index contributed by atoms with van der Waals surface area (Å²) in [6.07, 6.45) is 4.20. The van der Waals surface area contributed by atoms with Gasteiger partial charge in [-0.2, -0.15) is 0 Å². The van der Waals surface area contributed by atoms with Gasteiger partial charge in [-0.3, -0.25) is 10.3 Å². The van der Waals surface area contributed by atoms with Gasteiger partial charge in [0.25, 0.3) is 0 Å². The van der Waals surface area contributed by atoms with Gasteiger partial charge in [0, 0.05) is 30.6 Å². The zero-order valence-corrected chi connectivity index (χ0v) is 11.9. The Labute approximate surface area is 120 Å². The summed E-state index contributed by atoms with van der Waals surface area (Å²) in [7, 11) is 2.09. The van der Waals surface area contributed by atoms with Crippen LogP contribution in [0, 0.1) is 0 Å². The monoisotopic (exact) mass is 289 g/mol. The molecule has 20 heavy (non-hydrogen) atoms. The molecule has 7 heteroatoms. The Morgan fingerprint density at radius 2 is 2.35 bits per heavy atom. The zero-order valence-electron chi connectivity index (χ0n) is 11.1. The Balaban J connectivity index is 1.65. The molecule has 2 aromatic heterocycles. The molecule has 2 N–H and O–H groups in total. The van der Waals surface area contributed by atoms with Gasteiger partial charge in [0.05, 0.1) is 17.6 Å². The first kappa shape index (κ1) is 13.0. The first-order valence-electron chi connectivity index (χ1n) is 6.36. The van der Waals surface area contributed by atoms with Crippen molar-refractivity contribution in [1.29, 1.82) is 0 Å². The summed E-state index contributed by atoms with van der Waals surface area (Å²) in [5.41, 5.74) is 1.76. The number of likely N-dealkylation sites (N-methyl/N-ethyl adjacent to an activating group) is 1. The Hall–Kier alpha value is -1.99. The molecule has 6 nitrogen and oxygen atoms in total. The van der Waals surface area contributed by atoms with Crippen molar-refractivity contribution in [3.8, 4) is 0 Å². The van der Waals surface area contributed by atoms with Crippen LogP contribution < -0.4 is 10.6 Å². The molecule has 3 rings (SSSR count). The van der Waals surface area contributed by atoms with E-state index in [1.807, 2.05) is 0 Å². The van der Waals surface area contributed by atoms with E-state index in [2.05, 4.69) is 32.5 Å². The predicted octanol–water partition coefficient (Wildman–Crippen LogP) is 2.17. The van der Waals surface area contributed by atoms with Gasteiger partial charge in [-0.05, 0) is 19.2 Å². The average Bonchev–Trinajstić information content (AvgIpc) is 2.80. The van der Waals surface area contributed by atoms with Crippen molar-refractivity contribution in [3.63, 3.8) is 0 Å². The Morgan fingerprint density at radius 3 is 3.15 bits per heavy atom. The van der Waals surface area contributed by atoms with Crippen LogP contribution in [-0.4, -0.2) is 34.5 Å². The summed E-state index contributed by atoms with van der Waals surface area (Å²) in [6.45, 7) is 1.91. The highest BCUT2D eigenvalue weighted by molar-refractivity contribution is 7.15. The Bertz CT molecular complexity index is 612. The molecule has 0 aromatic carbocycles. The molecule has 3 heterocycles. The number of rotatable bonds is 2. The molecule has 0 spiro atoms. The molecule has 2 amide bonds. The summed E-state index contributed by atoms with van der Waals surface area (Å²) < 4.78 is 0. The van der Waals surface area contributed by atoms with Crippen molar-refractivity contribution >= 4 is 28.2 Å². The van der Waals surface area contributed by atoms with E-state index < -0.39 is 0 Å². The second-order valence-electron chi connectivity index (χ2n) is 4.70. The summed E-state index contributed by atoms with van der Waals surface area (Å²) in [4.78, 5) is 23.8. The van der Waals surface area contributed by atoms with Crippen LogP contribution in [0.15, 0.2) is 24.5 Å². The van der Waals surface area contributed by atoms with E-state index in [9.17, 15) is 4.79 Å². The van der Waals surface area contributed by atoms with Crippen molar-refractivity contribution in [2.24, 2.45) is 0 Å². The SMILES string of the molecule is CN1CCc2nc(NC(=O)Nc3cccnc3)sc2C1. The predicted molar refractivity (Wildman–Crippen MR) is 79.0 cm³/mol. The van der Waals surface area contributed by atoms with E-state index in [0.717, 1.165) is 25.2 Å². The molecule has 2 aromatic rings. The number of carbonyl (C=O) groups excluding carboxylic acids is 1. The second-order valence-corrected chi connectivity index (χ2v) is 5.78. The van der Waals surface area contributed by atoms with Crippen molar-refractivity contribution in [1.82, 2.24) is 14.9 Å². The number of aromatic nitrogens is 2. The van der Waals surface area contributed by atoms with Gasteiger partial charge < -0.3 is 10.2 Å². The smallest absolute Gasteiger partial charge is 0.306 e. The summed E-state index contributed by atoms with van der Waals surface area (Å²) >= 11 is 1.54. The lowest BCUT2D eigenvalue weighted by molar-refractivity contribution is 0.262. The van der Waals surface area contributed by atoms with E-state index >= 15 is 0 Å². The minimum absolute atomic E-state index is 0.294. The molecule has 1 aliphatic heterocycles. The maximum atomic E-state index is 11.9. The Morgan fingerprint density at radius 1 is 1.45 bits per heavy atom. The normalized spacial score (nSPS) is 14.7. The van der Waals surface area contributed by atoms with Crippen LogP contribution in [-0.2, 0) is 13.0 Å². The zero-order chi connectivity index (χ0) is 13.9. The van der Waals surface area contributed by atoms with Gasteiger partial charge in [-0.25, -0.2) is 9.78 Å². The molecular weight excluding hydrogens is 274 g/mol. The number of carbonyl (C=O) groups is 1. The number of pyridine rings is 1. The number of hydrogen-bond donors (Lipinski definition) is 2. The molecule has 0 bridgehead atoms. The van der Waals surface area contributed by atoms with Crippen molar-refractivity contribution in [2.45, 2.75) is 13.0 Å². The molecular formula is C13H15N5OS. The van der Waals surface area contributed by atoms with Gasteiger partial charge in [0.1, 0.15) is 0 Å². The Kier molecular flexibility index (Phi) is 3.62. The number of hydrogen-bond acceptors (Lipinski definition) is 5. The van der Waals surface area contributed by atoms with E-state index in [0.29, 0.717) is 10.8 Å². The van der Waals surface area contributed by atoms with Crippen molar-refractivity contribution in [2.75, 3.05) is 24.2 Å². The number of nitrogens with one attached hydrogen (secondary N) is 2. The molecule has 0 unspecified atom stereocenters. The highest BCUT2D eigenvalue weighted by atomic mass is 32.1. The van der Waals surface area contributed by atoms with Crippen LogP contribution in [0.4, 0.5) is 15.6 Å². The minimum Gasteiger partial charge on any atom is -0.306 e. The number of anilines is 2. The standard InChI is InChI=1S/C13H15N5OS/c1-18-6-4-10-11(8-18)20-13(16-10)17-12(19)15-9-3-2-5-14-7-9/h2-3,5,7H,4,6,8H2,1H3,(H2,15,16,17,19). The molecule has 0 fully saturated rings. The van der Waals surface area contributed by atoms with E-state index in [1.165, 1.54) is 16.2 Å². The highest BCUT2D eigenvalue weighted by Gasteiger charge is 2.19. The molecule has 104 valence electrons. The maximum Gasteiger partial charge on any atom is 0.325 e. The lowest BCUT2D eigenvalue weighted by atomic mass is 10.2. The number of amides is 2.